The van der Waals surface area contributed by atoms with E-state index in [0.29, 0.717) is 0 Å². The number of ether oxygens (including phenoxy) is 3. The van der Waals surface area contributed by atoms with Crippen LogP contribution in [0.1, 0.15) is 13.8 Å². The van der Waals surface area contributed by atoms with Crippen molar-refractivity contribution in [3.63, 3.8) is 0 Å². The Kier molecular flexibility index (Phi) is 3.69. The summed E-state index contributed by atoms with van der Waals surface area (Å²) in [6.07, 6.45) is -1.11. The summed E-state index contributed by atoms with van der Waals surface area (Å²) in [5.41, 5.74) is 0.330. The molecular weight excluding hydrogens is 228 g/mol. The summed E-state index contributed by atoms with van der Waals surface area (Å²) >= 11 is 0. The van der Waals surface area contributed by atoms with E-state index in [0.717, 1.165) is 0 Å². The van der Waals surface area contributed by atoms with Crippen molar-refractivity contribution in [3.05, 3.63) is 24.3 Å². The molecule has 0 spiro atoms. The summed E-state index contributed by atoms with van der Waals surface area (Å²) < 4.78 is 14.5. The fourth-order valence-corrected chi connectivity index (χ4v) is 0.919. The number of rotatable bonds is 5. The van der Waals surface area contributed by atoms with Crippen molar-refractivity contribution < 1.29 is 28.9 Å². The summed E-state index contributed by atoms with van der Waals surface area (Å²) in [6, 6.07) is 0. The van der Waals surface area contributed by atoms with Crippen molar-refractivity contribution in [2.45, 2.75) is 25.9 Å². The second kappa shape index (κ2) is 4.68. The SMILES string of the molecule is C=C(C)C(=O)OC1O[C@@]1(CO)OC(=O)C(=C)C. The zero-order valence-electron chi connectivity index (χ0n) is 9.69. The van der Waals surface area contributed by atoms with E-state index in [2.05, 4.69) is 13.2 Å². The lowest BCUT2D eigenvalue weighted by Crippen LogP contribution is -2.30. The molecule has 0 aliphatic carbocycles. The molecule has 6 heteroatoms. The van der Waals surface area contributed by atoms with Gasteiger partial charge in [-0.25, -0.2) is 9.59 Å². The molecule has 1 saturated heterocycles. The minimum Gasteiger partial charge on any atom is -0.425 e. The molecule has 94 valence electrons. The number of esters is 2. The summed E-state index contributed by atoms with van der Waals surface area (Å²) in [7, 11) is 0. The third kappa shape index (κ3) is 2.92. The van der Waals surface area contributed by atoms with Crippen LogP contribution >= 0.6 is 0 Å². The van der Waals surface area contributed by atoms with Gasteiger partial charge in [0.2, 0.25) is 0 Å². The lowest BCUT2D eigenvalue weighted by atomic mass is 10.3. The Balaban J connectivity index is 2.58. The number of hydrogen-bond donors (Lipinski definition) is 1. The largest absolute Gasteiger partial charge is 0.425 e. The van der Waals surface area contributed by atoms with E-state index in [9.17, 15) is 9.59 Å². The topological polar surface area (TPSA) is 85.4 Å². The Morgan fingerprint density at radius 1 is 1.29 bits per heavy atom. The van der Waals surface area contributed by atoms with Crippen LogP contribution in [0.15, 0.2) is 24.3 Å². The fourth-order valence-electron chi connectivity index (χ4n) is 0.919. The normalized spacial score (nSPS) is 25.9. The predicted molar refractivity (Wildman–Crippen MR) is 56.5 cm³/mol. The molecule has 0 aromatic rings. The van der Waals surface area contributed by atoms with Crippen molar-refractivity contribution >= 4 is 11.9 Å². The Hall–Kier alpha value is -1.66. The number of aliphatic hydroxyl groups excluding tert-OH is 1. The Morgan fingerprint density at radius 3 is 2.24 bits per heavy atom. The highest BCUT2D eigenvalue weighted by Gasteiger charge is 2.64. The highest BCUT2D eigenvalue weighted by Crippen LogP contribution is 2.39. The van der Waals surface area contributed by atoms with Gasteiger partial charge in [-0.1, -0.05) is 13.2 Å². The summed E-state index contributed by atoms with van der Waals surface area (Å²) in [5, 5.41) is 9.06. The lowest BCUT2D eigenvalue weighted by molar-refractivity contribution is -0.160. The van der Waals surface area contributed by atoms with Gasteiger partial charge in [-0.05, 0) is 13.8 Å². The van der Waals surface area contributed by atoms with Crippen LogP contribution in [0.3, 0.4) is 0 Å². The minimum atomic E-state index is -1.61. The van der Waals surface area contributed by atoms with Crippen LogP contribution in [0.4, 0.5) is 0 Å². The molecule has 2 atom stereocenters. The van der Waals surface area contributed by atoms with Crippen LogP contribution in [0, 0.1) is 0 Å². The Bertz CT molecular complexity index is 385. The quantitative estimate of drug-likeness (QED) is 0.423. The zero-order valence-corrected chi connectivity index (χ0v) is 9.69. The minimum absolute atomic E-state index is 0.151. The van der Waals surface area contributed by atoms with Gasteiger partial charge in [0, 0.05) is 11.1 Å². The molecule has 0 saturated carbocycles. The van der Waals surface area contributed by atoms with Gasteiger partial charge in [0.05, 0.1) is 0 Å². The van der Waals surface area contributed by atoms with Crippen LogP contribution in [-0.2, 0) is 23.8 Å². The van der Waals surface area contributed by atoms with E-state index in [1.165, 1.54) is 13.8 Å². The first-order valence-corrected chi connectivity index (χ1v) is 4.86. The molecule has 1 rings (SSSR count). The van der Waals surface area contributed by atoms with Crippen molar-refractivity contribution in [3.8, 4) is 0 Å². The van der Waals surface area contributed by atoms with E-state index < -0.39 is 30.6 Å². The van der Waals surface area contributed by atoms with Gasteiger partial charge in [0.15, 0.2) is 0 Å². The van der Waals surface area contributed by atoms with E-state index in [1.54, 1.807) is 0 Å². The van der Waals surface area contributed by atoms with Crippen molar-refractivity contribution in [2.24, 2.45) is 0 Å². The molecule has 1 fully saturated rings. The molecule has 1 aliphatic heterocycles. The van der Waals surface area contributed by atoms with Crippen LogP contribution in [0.25, 0.3) is 0 Å². The molecule has 0 aromatic carbocycles. The molecule has 1 heterocycles. The molecule has 6 nitrogen and oxygen atoms in total. The van der Waals surface area contributed by atoms with Gasteiger partial charge in [-0.2, -0.15) is 0 Å². The Labute approximate surface area is 98.5 Å². The fraction of sp³-hybridized carbons (Fsp3) is 0.455. The highest BCUT2D eigenvalue weighted by molar-refractivity contribution is 5.88. The van der Waals surface area contributed by atoms with Crippen LogP contribution < -0.4 is 0 Å². The summed E-state index contributed by atoms with van der Waals surface area (Å²) in [4.78, 5) is 22.4. The molecular formula is C11H14O6. The van der Waals surface area contributed by atoms with Gasteiger partial charge in [0.25, 0.3) is 6.29 Å². The maximum absolute atomic E-state index is 11.3. The number of carbonyl (C=O) groups excluding carboxylic acids is 2. The predicted octanol–water partition coefficient (Wildman–Crippen LogP) is 0.270. The maximum Gasteiger partial charge on any atom is 0.335 e. The first kappa shape index (κ1) is 13.4. The molecule has 0 radical (unpaired) electrons. The highest BCUT2D eigenvalue weighted by atomic mass is 16.9. The maximum atomic E-state index is 11.3. The van der Waals surface area contributed by atoms with E-state index in [-0.39, 0.29) is 11.1 Å². The lowest BCUT2D eigenvalue weighted by Gasteiger charge is -2.10. The van der Waals surface area contributed by atoms with E-state index >= 15 is 0 Å². The zero-order chi connectivity index (χ0) is 13.2. The number of aliphatic hydroxyl groups is 1. The number of carbonyl (C=O) groups is 2. The van der Waals surface area contributed by atoms with Crippen LogP contribution in [-0.4, -0.2) is 35.7 Å². The molecule has 1 N–H and O–H groups in total. The third-order valence-corrected chi connectivity index (χ3v) is 2.01. The second-order valence-corrected chi connectivity index (χ2v) is 3.78. The van der Waals surface area contributed by atoms with Gasteiger partial charge >= 0.3 is 17.7 Å². The molecule has 1 aliphatic rings. The van der Waals surface area contributed by atoms with Crippen molar-refractivity contribution in [1.29, 1.82) is 0 Å². The standard InChI is InChI=1S/C11H14O6/c1-6(2)8(13)15-10-11(5-12,17-10)16-9(14)7(3)4/h10,12H,1,3,5H2,2,4H3/t10?,11-/m1/s1. The summed E-state index contributed by atoms with van der Waals surface area (Å²) in [6.45, 7) is 9.07. The van der Waals surface area contributed by atoms with E-state index in [4.69, 9.17) is 19.3 Å². The monoisotopic (exact) mass is 242 g/mol. The van der Waals surface area contributed by atoms with Gasteiger partial charge in [0.1, 0.15) is 6.61 Å². The molecule has 0 amide bonds. The third-order valence-electron chi connectivity index (χ3n) is 2.01. The Morgan fingerprint density at radius 2 is 1.82 bits per heavy atom. The average molecular weight is 242 g/mol. The first-order valence-electron chi connectivity index (χ1n) is 4.86. The molecule has 0 bridgehead atoms. The average Bonchev–Trinajstić information content (AvgIpc) is 2.91. The first-order chi connectivity index (χ1) is 7.82. The van der Waals surface area contributed by atoms with Crippen molar-refractivity contribution in [1.82, 2.24) is 0 Å². The van der Waals surface area contributed by atoms with Gasteiger partial charge < -0.3 is 14.6 Å². The van der Waals surface area contributed by atoms with Gasteiger partial charge in [-0.3, -0.25) is 4.74 Å². The van der Waals surface area contributed by atoms with Crippen molar-refractivity contribution in [2.75, 3.05) is 6.61 Å². The molecule has 1 unspecified atom stereocenters. The van der Waals surface area contributed by atoms with Gasteiger partial charge in [-0.15, -0.1) is 0 Å². The number of hydrogen-bond acceptors (Lipinski definition) is 6. The van der Waals surface area contributed by atoms with Crippen LogP contribution in [0.2, 0.25) is 0 Å². The smallest absolute Gasteiger partial charge is 0.335 e. The summed E-state index contributed by atoms with van der Waals surface area (Å²) in [5.74, 6) is -3.02. The second-order valence-electron chi connectivity index (χ2n) is 3.78. The molecule has 0 aromatic heterocycles. The number of epoxide rings is 1. The molecule has 17 heavy (non-hydrogen) atoms. The van der Waals surface area contributed by atoms with E-state index in [1.807, 2.05) is 0 Å². The van der Waals surface area contributed by atoms with Crippen LogP contribution in [0.5, 0.6) is 0 Å².